The van der Waals surface area contributed by atoms with E-state index in [1.165, 1.54) is 0 Å². The lowest BCUT2D eigenvalue weighted by Crippen LogP contribution is -2.49. The maximum Gasteiger partial charge on any atom is 0.309 e. The normalized spacial score (nSPS) is 14.4. The minimum Gasteiger partial charge on any atom is -0.489 e. The second kappa shape index (κ2) is 9.63. The van der Waals surface area contributed by atoms with Crippen LogP contribution in [-0.2, 0) is 17.9 Å². The number of hydrogen-bond donors (Lipinski definition) is 1. The van der Waals surface area contributed by atoms with E-state index in [1.54, 1.807) is 6.07 Å². The summed E-state index contributed by atoms with van der Waals surface area (Å²) in [6.45, 7) is 6.10. The number of likely N-dealkylation sites (tertiary alicyclic amines) is 1. The summed E-state index contributed by atoms with van der Waals surface area (Å²) in [4.78, 5) is 13.0. The molecule has 0 amide bonds. The van der Waals surface area contributed by atoms with Crippen LogP contribution in [0.15, 0.2) is 53.1 Å². The van der Waals surface area contributed by atoms with Gasteiger partial charge in [-0.3, -0.25) is 9.69 Å². The summed E-state index contributed by atoms with van der Waals surface area (Å²) in [6.07, 6.45) is 0.0430. The van der Waals surface area contributed by atoms with Crippen molar-refractivity contribution in [3.63, 3.8) is 0 Å². The largest absolute Gasteiger partial charge is 0.489 e. The van der Waals surface area contributed by atoms with E-state index in [0.29, 0.717) is 35.3 Å². The smallest absolute Gasteiger partial charge is 0.309 e. The van der Waals surface area contributed by atoms with Gasteiger partial charge in [0.25, 0.3) is 0 Å². The van der Waals surface area contributed by atoms with Gasteiger partial charge in [-0.05, 0) is 49.7 Å². The van der Waals surface area contributed by atoms with Gasteiger partial charge in [0.05, 0.1) is 17.0 Å². The molecule has 0 unspecified atom stereocenters. The van der Waals surface area contributed by atoms with Crippen molar-refractivity contribution in [3.05, 3.63) is 64.8 Å². The topological polar surface area (TPSA) is 85.0 Å². The molecule has 0 saturated carbocycles. The van der Waals surface area contributed by atoms with Crippen molar-refractivity contribution < 1.29 is 23.9 Å². The number of hydrogen-bond acceptors (Lipinski definition) is 6. The lowest BCUT2D eigenvalue weighted by Gasteiger charge is -2.36. The Labute approximate surface area is 191 Å². The summed E-state index contributed by atoms with van der Waals surface area (Å²) >= 11 is 6.31. The van der Waals surface area contributed by atoms with E-state index in [4.69, 9.17) is 30.7 Å². The molecule has 1 N–H and O–H groups in total. The van der Waals surface area contributed by atoms with Gasteiger partial charge >= 0.3 is 5.97 Å². The van der Waals surface area contributed by atoms with E-state index < -0.39 is 5.97 Å². The van der Waals surface area contributed by atoms with Gasteiger partial charge in [-0.2, -0.15) is 0 Å². The molecule has 3 aromatic rings. The molecule has 1 aliphatic heterocycles. The van der Waals surface area contributed by atoms with Crippen LogP contribution in [0, 0.1) is 5.92 Å². The van der Waals surface area contributed by atoms with E-state index >= 15 is 0 Å². The van der Waals surface area contributed by atoms with E-state index in [9.17, 15) is 4.79 Å². The number of benzene rings is 2. The molecule has 8 heteroatoms. The molecule has 0 atom stereocenters. The molecule has 0 aliphatic carbocycles. The van der Waals surface area contributed by atoms with Gasteiger partial charge in [0.1, 0.15) is 23.8 Å². The lowest BCUT2D eigenvalue weighted by molar-refractivity contribution is -0.147. The lowest BCUT2D eigenvalue weighted by atomic mass is 10.00. The van der Waals surface area contributed by atoms with Gasteiger partial charge in [-0.25, -0.2) is 0 Å². The third-order valence-corrected chi connectivity index (χ3v) is 5.46. The SMILES string of the molecule is CC(C)Oc1ccc(-c2cc(COc3ccc(CN4CC(C(=O)O)C4)cc3)no2)cc1Cl. The average molecular weight is 457 g/mol. The molecule has 0 spiro atoms. The Kier molecular flexibility index (Phi) is 6.67. The van der Waals surface area contributed by atoms with Crippen molar-refractivity contribution >= 4 is 17.6 Å². The Balaban J connectivity index is 1.30. The highest BCUT2D eigenvalue weighted by molar-refractivity contribution is 6.32. The van der Waals surface area contributed by atoms with Gasteiger partial charge in [-0.15, -0.1) is 0 Å². The number of halogens is 1. The maximum absolute atomic E-state index is 10.9. The van der Waals surface area contributed by atoms with Gasteiger partial charge in [0, 0.05) is 31.3 Å². The molecule has 32 heavy (non-hydrogen) atoms. The quantitative estimate of drug-likeness (QED) is 0.491. The predicted octanol–water partition coefficient (Wildman–Crippen LogP) is 4.88. The number of aliphatic carboxylic acids is 1. The van der Waals surface area contributed by atoms with Crippen LogP contribution >= 0.6 is 11.6 Å². The molecule has 168 valence electrons. The average Bonchev–Trinajstić information content (AvgIpc) is 3.19. The summed E-state index contributed by atoms with van der Waals surface area (Å²) in [5.74, 6) is 0.996. The minimum absolute atomic E-state index is 0.0430. The number of carboxylic acids is 1. The van der Waals surface area contributed by atoms with Crippen LogP contribution in [-0.4, -0.2) is 40.3 Å². The summed E-state index contributed by atoms with van der Waals surface area (Å²) in [7, 11) is 0. The standard InChI is InChI=1S/C24H25ClN2O5/c1-15(2)31-22-8-5-17(9-21(22)25)23-10-19(26-32-23)14-30-20-6-3-16(4-7-20)11-27-12-18(13-27)24(28)29/h3-10,15,18H,11-14H2,1-2H3,(H,28,29). The van der Waals surface area contributed by atoms with Crippen molar-refractivity contribution in [1.29, 1.82) is 0 Å². The summed E-state index contributed by atoms with van der Waals surface area (Å²) in [6, 6.07) is 15.1. The van der Waals surface area contributed by atoms with Crippen molar-refractivity contribution in [3.8, 4) is 22.8 Å². The molecular formula is C24H25ClN2O5. The molecule has 1 saturated heterocycles. The molecule has 4 rings (SSSR count). The number of ether oxygens (including phenoxy) is 2. The summed E-state index contributed by atoms with van der Waals surface area (Å²) in [5, 5.41) is 13.6. The first-order valence-electron chi connectivity index (χ1n) is 10.5. The molecular weight excluding hydrogens is 432 g/mol. The Morgan fingerprint density at radius 2 is 1.97 bits per heavy atom. The second-order valence-corrected chi connectivity index (χ2v) is 8.56. The summed E-state index contributed by atoms with van der Waals surface area (Å²) < 4.78 is 16.9. The number of rotatable bonds is 9. The van der Waals surface area contributed by atoms with Crippen molar-refractivity contribution in [1.82, 2.24) is 10.1 Å². The Hall–Kier alpha value is -3.03. The summed E-state index contributed by atoms with van der Waals surface area (Å²) in [5.41, 5.74) is 2.60. The van der Waals surface area contributed by atoms with Crippen molar-refractivity contribution in [2.24, 2.45) is 5.92 Å². The Morgan fingerprint density at radius 1 is 1.22 bits per heavy atom. The fourth-order valence-corrected chi connectivity index (χ4v) is 3.71. The zero-order chi connectivity index (χ0) is 22.7. The van der Waals surface area contributed by atoms with Crippen LogP contribution in [0.1, 0.15) is 25.1 Å². The number of aromatic nitrogens is 1. The van der Waals surface area contributed by atoms with Gasteiger partial charge in [0.2, 0.25) is 0 Å². The van der Waals surface area contributed by atoms with E-state index in [1.807, 2.05) is 56.3 Å². The fraction of sp³-hybridized carbons (Fsp3) is 0.333. The first-order chi connectivity index (χ1) is 15.4. The van der Waals surface area contributed by atoms with Crippen molar-refractivity contribution in [2.75, 3.05) is 13.1 Å². The monoisotopic (exact) mass is 456 g/mol. The number of carbonyl (C=O) groups is 1. The van der Waals surface area contributed by atoms with Crippen molar-refractivity contribution in [2.45, 2.75) is 33.1 Å². The molecule has 0 bridgehead atoms. The van der Waals surface area contributed by atoms with Crippen LogP contribution in [0.2, 0.25) is 5.02 Å². The zero-order valence-corrected chi connectivity index (χ0v) is 18.7. The highest BCUT2D eigenvalue weighted by atomic mass is 35.5. The van der Waals surface area contributed by atoms with Crippen LogP contribution in [0.3, 0.4) is 0 Å². The third-order valence-electron chi connectivity index (χ3n) is 5.16. The minimum atomic E-state index is -0.721. The predicted molar refractivity (Wildman–Crippen MR) is 120 cm³/mol. The van der Waals surface area contributed by atoms with Crippen LogP contribution < -0.4 is 9.47 Å². The van der Waals surface area contributed by atoms with E-state index in [0.717, 1.165) is 23.4 Å². The maximum atomic E-state index is 10.9. The molecule has 7 nitrogen and oxygen atoms in total. The number of carboxylic acid groups (broad SMARTS) is 1. The van der Waals surface area contributed by atoms with Gasteiger partial charge in [-0.1, -0.05) is 28.9 Å². The first-order valence-corrected chi connectivity index (χ1v) is 10.8. The molecule has 1 fully saturated rings. The third kappa shape index (κ3) is 5.41. The Bertz CT molecular complexity index is 1070. The first kappa shape index (κ1) is 22.2. The Morgan fingerprint density at radius 3 is 2.62 bits per heavy atom. The van der Waals surface area contributed by atoms with Gasteiger partial charge < -0.3 is 19.1 Å². The molecule has 2 aromatic carbocycles. The highest BCUT2D eigenvalue weighted by Crippen LogP contribution is 2.31. The number of nitrogens with zero attached hydrogens (tertiary/aromatic N) is 2. The molecule has 2 heterocycles. The molecule has 1 aromatic heterocycles. The van der Waals surface area contributed by atoms with Crippen LogP contribution in [0.5, 0.6) is 11.5 Å². The molecule has 1 aliphatic rings. The van der Waals surface area contributed by atoms with Gasteiger partial charge in [0.15, 0.2) is 5.76 Å². The molecule has 0 radical (unpaired) electrons. The second-order valence-electron chi connectivity index (χ2n) is 8.16. The van der Waals surface area contributed by atoms with E-state index in [2.05, 4.69) is 10.1 Å². The zero-order valence-electron chi connectivity index (χ0n) is 18.0. The highest BCUT2D eigenvalue weighted by Gasteiger charge is 2.32. The van der Waals surface area contributed by atoms with Crippen LogP contribution in [0.4, 0.5) is 0 Å². The van der Waals surface area contributed by atoms with E-state index in [-0.39, 0.29) is 18.6 Å². The van der Waals surface area contributed by atoms with Crippen LogP contribution in [0.25, 0.3) is 11.3 Å². The fourth-order valence-electron chi connectivity index (χ4n) is 3.48.